The number of rotatable bonds is 3. The Kier molecular flexibility index (Phi) is 4.15. The first kappa shape index (κ1) is 16.0. The number of carboxylic acids is 1. The summed E-state index contributed by atoms with van der Waals surface area (Å²) in [4.78, 5) is 26.0. The van der Waals surface area contributed by atoms with Crippen LogP contribution in [0.1, 0.15) is 38.7 Å². The first-order valence-electron chi connectivity index (χ1n) is 8.17. The molecule has 1 saturated heterocycles. The van der Waals surface area contributed by atoms with Gasteiger partial charge in [0.05, 0.1) is 24.5 Å². The third-order valence-electron chi connectivity index (χ3n) is 5.28. The van der Waals surface area contributed by atoms with Gasteiger partial charge < -0.3 is 14.7 Å². The van der Waals surface area contributed by atoms with Gasteiger partial charge in [-0.05, 0) is 31.4 Å². The quantitative estimate of drug-likeness (QED) is 0.930. The second-order valence-electron chi connectivity index (χ2n) is 6.73. The number of carboxylic acid groups (broad SMARTS) is 1. The molecule has 3 rings (SSSR count). The Balaban J connectivity index is 1.89. The minimum absolute atomic E-state index is 0.0451. The van der Waals surface area contributed by atoms with Gasteiger partial charge in [-0.1, -0.05) is 25.1 Å². The molecular weight excluding hydrogens is 294 g/mol. The summed E-state index contributed by atoms with van der Waals surface area (Å²) in [7, 11) is 0. The van der Waals surface area contributed by atoms with E-state index in [0.717, 1.165) is 11.3 Å². The summed E-state index contributed by atoms with van der Waals surface area (Å²) in [5.41, 5.74) is 1.80. The Labute approximate surface area is 136 Å². The van der Waals surface area contributed by atoms with Crippen LogP contribution in [0.2, 0.25) is 0 Å². The van der Waals surface area contributed by atoms with E-state index >= 15 is 0 Å². The fraction of sp³-hybridized carbons (Fsp3) is 0.556. The van der Waals surface area contributed by atoms with Crippen molar-refractivity contribution < 1.29 is 19.4 Å². The van der Waals surface area contributed by atoms with Crippen molar-refractivity contribution in [1.82, 2.24) is 0 Å². The summed E-state index contributed by atoms with van der Waals surface area (Å²) in [6.07, 6.45) is -0.00600. The number of aliphatic carboxylic acids is 1. The maximum atomic E-state index is 13.1. The van der Waals surface area contributed by atoms with E-state index in [-0.39, 0.29) is 42.3 Å². The van der Waals surface area contributed by atoms with Gasteiger partial charge in [-0.3, -0.25) is 9.59 Å². The molecule has 5 heteroatoms. The largest absolute Gasteiger partial charge is 0.481 e. The topological polar surface area (TPSA) is 66.8 Å². The average Bonchev–Trinajstić information content (AvgIpc) is 2.97. The number of ether oxygens (including phenoxy) is 1. The minimum atomic E-state index is -0.835. The van der Waals surface area contributed by atoms with Crippen molar-refractivity contribution in [3.63, 3.8) is 0 Å². The predicted octanol–water partition coefficient (Wildman–Crippen LogP) is 2.65. The van der Waals surface area contributed by atoms with Gasteiger partial charge in [-0.2, -0.15) is 0 Å². The molecule has 23 heavy (non-hydrogen) atoms. The number of para-hydroxylation sites is 1. The average molecular weight is 317 g/mol. The number of anilines is 1. The van der Waals surface area contributed by atoms with E-state index in [9.17, 15) is 9.59 Å². The number of carbonyl (C=O) groups is 2. The van der Waals surface area contributed by atoms with Crippen LogP contribution in [0.4, 0.5) is 5.69 Å². The Bertz CT molecular complexity index is 629. The van der Waals surface area contributed by atoms with Crippen LogP contribution in [0.5, 0.6) is 0 Å². The van der Waals surface area contributed by atoms with E-state index in [2.05, 4.69) is 0 Å². The van der Waals surface area contributed by atoms with E-state index in [1.807, 2.05) is 45.0 Å². The number of fused-ring (bicyclic) bond motifs is 1. The molecule has 2 aliphatic heterocycles. The molecule has 2 heterocycles. The third-order valence-corrected chi connectivity index (χ3v) is 5.28. The summed E-state index contributed by atoms with van der Waals surface area (Å²) in [5, 5.41) is 9.13. The van der Waals surface area contributed by atoms with Crippen molar-refractivity contribution in [3.05, 3.63) is 29.8 Å². The Morgan fingerprint density at radius 3 is 2.52 bits per heavy atom. The maximum absolute atomic E-state index is 13.1. The number of benzene rings is 1. The normalized spacial score (nSPS) is 32.8. The van der Waals surface area contributed by atoms with Crippen LogP contribution in [0.3, 0.4) is 0 Å². The first-order valence-corrected chi connectivity index (χ1v) is 8.17. The molecule has 0 spiro atoms. The van der Waals surface area contributed by atoms with Crippen molar-refractivity contribution in [1.29, 1.82) is 0 Å². The standard InChI is InChI=1S/C18H23NO4/c1-10-11(2)23-12(3)17(10)18(22)19-9-13(8-16(20)21)14-6-4-5-7-15(14)19/h4-7,10-13,17H,8-9H2,1-3H3,(H,20,21). The molecule has 2 aliphatic rings. The third kappa shape index (κ3) is 2.74. The van der Waals surface area contributed by atoms with E-state index in [1.54, 1.807) is 4.90 Å². The van der Waals surface area contributed by atoms with Gasteiger partial charge in [0.15, 0.2) is 0 Å². The molecule has 124 valence electrons. The molecule has 1 N–H and O–H groups in total. The van der Waals surface area contributed by atoms with Crippen molar-refractivity contribution in [2.75, 3.05) is 11.4 Å². The lowest BCUT2D eigenvalue weighted by molar-refractivity contribution is -0.137. The zero-order chi connectivity index (χ0) is 16.7. The second kappa shape index (κ2) is 5.96. The highest BCUT2D eigenvalue weighted by molar-refractivity contribution is 5.98. The summed E-state index contributed by atoms with van der Waals surface area (Å²) in [6.45, 7) is 6.43. The number of hydrogen-bond acceptors (Lipinski definition) is 3. The van der Waals surface area contributed by atoms with Crippen LogP contribution in [0.25, 0.3) is 0 Å². The molecule has 1 fully saturated rings. The lowest BCUT2D eigenvalue weighted by atomic mass is 9.88. The molecular formula is C18H23NO4. The number of nitrogens with zero attached hydrogens (tertiary/aromatic N) is 1. The molecule has 0 saturated carbocycles. The lowest BCUT2D eigenvalue weighted by Gasteiger charge is -2.25. The molecule has 0 aliphatic carbocycles. The fourth-order valence-corrected chi connectivity index (χ4v) is 3.96. The molecule has 0 bridgehead atoms. The summed E-state index contributed by atoms with van der Waals surface area (Å²) < 4.78 is 5.80. The first-order chi connectivity index (χ1) is 10.9. The molecule has 0 aromatic heterocycles. The van der Waals surface area contributed by atoms with Gasteiger partial charge in [0.2, 0.25) is 5.91 Å². The molecule has 5 unspecified atom stereocenters. The summed E-state index contributed by atoms with van der Waals surface area (Å²) in [5.74, 6) is -0.948. The predicted molar refractivity (Wildman–Crippen MR) is 86.5 cm³/mol. The minimum Gasteiger partial charge on any atom is -0.481 e. The van der Waals surface area contributed by atoms with E-state index in [1.165, 1.54) is 0 Å². The highest BCUT2D eigenvalue weighted by atomic mass is 16.5. The molecule has 1 aromatic carbocycles. The van der Waals surface area contributed by atoms with E-state index in [4.69, 9.17) is 9.84 Å². The fourth-order valence-electron chi connectivity index (χ4n) is 3.96. The maximum Gasteiger partial charge on any atom is 0.304 e. The zero-order valence-electron chi connectivity index (χ0n) is 13.7. The molecule has 5 nitrogen and oxygen atoms in total. The van der Waals surface area contributed by atoms with Crippen LogP contribution in [-0.2, 0) is 14.3 Å². The van der Waals surface area contributed by atoms with Gasteiger partial charge in [-0.25, -0.2) is 0 Å². The Hall–Kier alpha value is -1.88. The zero-order valence-corrected chi connectivity index (χ0v) is 13.7. The highest BCUT2D eigenvalue weighted by Crippen LogP contribution is 2.41. The molecule has 1 amide bonds. The number of amides is 1. The van der Waals surface area contributed by atoms with Crippen LogP contribution < -0.4 is 4.90 Å². The van der Waals surface area contributed by atoms with E-state index < -0.39 is 5.97 Å². The number of hydrogen-bond donors (Lipinski definition) is 1. The van der Waals surface area contributed by atoms with Gasteiger partial charge in [-0.15, -0.1) is 0 Å². The smallest absolute Gasteiger partial charge is 0.304 e. The van der Waals surface area contributed by atoms with Crippen LogP contribution >= 0.6 is 0 Å². The molecule has 5 atom stereocenters. The highest BCUT2D eigenvalue weighted by Gasteiger charge is 2.45. The Morgan fingerprint density at radius 1 is 1.22 bits per heavy atom. The Morgan fingerprint density at radius 2 is 1.91 bits per heavy atom. The van der Waals surface area contributed by atoms with E-state index in [0.29, 0.717) is 6.54 Å². The van der Waals surface area contributed by atoms with Gasteiger partial charge in [0, 0.05) is 18.2 Å². The van der Waals surface area contributed by atoms with Crippen LogP contribution in [0.15, 0.2) is 24.3 Å². The van der Waals surface area contributed by atoms with Crippen LogP contribution in [-0.4, -0.2) is 35.7 Å². The molecule has 0 radical (unpaired) electrons. The van der Waals surface area contributed by atoms with Crippen LogP contribution in [0, 0.1) is 11.8 Å². The molecule has 1 aromatic rings. The van der Waals surface area contributed by atoms with Crippen molar-refractivity contribution in [3.8, 4) is 0 Å². The summed E-state index contributed by atoms with van der Waals surface area (Å²) >= 11 is 0. The van der Waals surface area contributed by atoms with Gasteiger partial charge in [0.25, 0.3) is 0 Å². The van der Waals surface area contributed by atoms with Crippen molar-refractivity contribution >= 4 is 17.6 Å². The lowest BCUT2D eigenvalue weighted by Crippen LogP contribution is -2.40. The summed E-state index contributed by atoms with van der Waals surface area (Å²) in [6, 6.07) is 7.62. The second-order valence-corrected chi connectivity index (χ2v) is 6.73. The van der Waals surface area contributed by atoms with Gasteiger partial charge >= 0.3 is 5.97 Å². The van der Waals surface area contributed by atoms with Gasteiger partial charge in [0.1, 0.15) is 0 Å². The SMILES string of the molecule is CC1OC(C)C(C(=O)N2CC(CC(=O)O)c3ccccc32)C1C. The number of carbonyl (C=O) groups excluding carboxylic acids is 1. The van der Waals surface area contributed by atoms with Crippen molar-refractivity contribution in [2.45, 2.75) is 45.3 Å². The monoisotopic (exact) mass is 317 g/mol. The van der Waals surface area contributed by atoms with Crippen molar-refractivity contribution in [2.24, 2.45) is 11.8 Å².